The minimum atomic E-state index is -0.921. The Bertz CT molecular complexity index is 107. The lowest BCUT2D eigenvalue weighted by molar-refractivity contribution is 0.126. The summed E-state index contributed by atoms with van der Waals surface area (Å²) in [4.78, 5) is 0. The summed E-state index contributed by atoms with van der Waals surface area (Å²) in [5, 5.41) is 0. The van der Waals surface area contributed by atoms with Crippen molar-refractivity contribution in [2.75, 3.05) is 0 Å². The zero-order chi connectivity index (χ0) is 9.07. The van der Waals surface area contributed by atoms with Gasteiger partial charge in [-0.2, -0.15) is 0 Å². The van der Waals surface area contributed by atoms with Gasteiger partial charge in [-0.05, 0) is 32.9 Å². The van der Waals surface area contributed by atoms with Gasteiger partial charge in [-0.1, -0.05) is 20.3 Å². The van der Waals surface area contributed by atoms with Crippen molar-refractivity contribution in [2.24, 2.45) is 0 Å². The molecule has 0 bridgehead atoms. The van der Waals surface area contributed by atoms with Gasteiger partial charge in [0.25, 0.3) is 0 Å². The molecule has 2 unspecified atom stereocenters. The molecule has 0 aliphatic rings. The third kappa shape index (κ3) is 5.45. The van der Waals surface area contributed by atoms with E-state index in [4.69, 9.17) is 4.43 Å². The van der Waals surface area contributed by atoms with Gasteiger partial charge < -0.3 is 4.43 Å². The average Bonchev–Trinajstić information content (AvgIpc) is 1.82. The van der Waals surface area contributed by atoms with E-state index in [1.807, 2.05) is 0 Å². The first-order valence-electron chi connectivity index (χ1n) is 4.54. The Morgan fingerprint density at radius 1 is 1.36 bits per heavy atom. The van der Waals surface area contributed by atoms with Crippen LogP contribution in [0.2, 0.25) is 12.1 Å². The predicted molar refractivity (Wildman–Crippen MR) is 53.6 cm³/mol. The van der Waals surface area contributed by atoms with Crippen LogP contribution in [-0.4, -0.2) is 14.6 Å². The van der Waals surface area contributed by atoms with Crippen molar-refractivity contribution >= 4 is 9.04 Å². The van der Waals surface area contributed by atoms with Gasteiger partial charge in [0, 0.05) is 5.60 Å². The summed E-state index contributed by atoms with van der Waals surface area (Å²) < 4.78 is 5.93. The molecule has 0 aliphatic heterocycles. The number of rotatable bonds is 3. The molecule has 0 saturated carbocycles. The summed E-state index contributed by atoms with van der Waals surface area (Å²) >= 11 is 0. The van der Waals surface area contributed by atoms with Crippen LogP contribution in [0.1, 0.15) is 41.0 Å². The van der Waals surface area contributed by atoms with Crippen LogP contribution in [0.5, 0.6) is 0 Å². The maximum absolute atomic E-state index is 5.93. The Kier molecular flexibility index (Phi) is 4.33. The fourth-order valence-electron chi connectivity index (χ4n) is 1.01. The highest BCUT2D eigenvalue weighted by Crippen LogP contribution is 2.19. The van der Waals surface area contributed by atoms with Crippen molar-refractivity contribution in [1.29, 1.82) is 0 Å². The maximum atomic E-state index is 5.93. The minimum Gasteiger partial charge on any atom is -0.415 e. The van der Waals surface area contributed by atoms with Gasteiger partial charge in [0.2, 0.25) is 0 Å². The van der Waals surface area contributed by atoms with Crippen LogP contribution in [-0.2, 0) is 4.43 Å². The van der Waals surface area contributed by atoms with E-state index >= 15 is 0 Å². The van der Waals surface area contributed by atoms with Gasteiger partial charge >= 0.3 is 0 Å². The SMILES string of the molecule is CCC(C)[SiH](C)OC(C)(C)C. The highest BCUT2D eigenvalue weighted by Gasteiger charge is 2.19. The molecule has 0 radical (unpaired) electrons. The fourth-order valence-corrected chi connectivity index (χ4v) is 3.02. The topological polar surface area (TPSA) is 9.23 Å². The lowest BCUT2D eigenvalue weighted by Gasteiger charge is -2.27. The van der Waals surface area contributed by atoms with E-state index in [0.717, 1.165) is 5.54 Å². The molecule has 0 spiro atoms. The van der Waals surface area contributed by atoms with E-state index in [2.05, 4.69) is 41.2 Å². The van der Waals surface area contributed by atoms with Crippen molar-refractivity contribution < 1.29 is 4.43 Å². The molecule has 0 aromatic rings. The van der Waals surface area contributed by atoms with E-state index in [1.54, 1.807) is 0 Å². The lowest BCUT2D eigenvalue weighted by Crippen LogP contribution is -2.30. The number of hydrogen-bond acceptors (Lipinski definition) is 1. The van der Waals surface area contributed by atoms with Crippen LogP contribution in [0, 0.1) is 0 Å². The Balaban J connectivity index is 3.77. The summed E-state index contributed by atoms with van der Waals surface area (Å²) in [6, 6.07) is 0. The molecule has 0 aromatic carbocycles. The summed E-state index contributed by atoms with van der Waals surface area (Å²) in [5.41, 5.74) is 0.865. The van der Waals surface area contributed by atoms with Crippen molar-refractivity contribution in [3.8, 4) is 0 Å². The molecule has 0 aromatic heterocycles. The molecule has 11 heavy (non-hydrogen) atoms. The largest absolute Gasteiger partial charge is 0.415 e. The summed E-state index contributed by atoms with van der Waals surface area (Å²) in [7, 11) is -0.921. The molecular weight excluding hydrogens is 152 g/mol. The van der Waals surface area contributed by atoms with Crippen molar-refractivity contribution in [1.82, 2.24) is 0 Å². The molecule has 0 N–H and O–H groups in total. The first kappa shape index (κ1) is 11.2. The third-order valence-electron chi connectivity index (χ3n) is 1.98. The summed E-state index contributed by atoms with van der Waals surface area (Å²) in [5.74, 6) is 0. The van der Waals surface area contributed by atoms with E-state index in [-0.39, 0.29) is 5.60 Å². The molecule has 0 heterocycles. The van der Waals surface area contributed by atoms with Crippen LogP contribution in [0.15, 0.2) is 0 Å². The lowest BCUT2D eigenvalue weighted by atomic mass is 10.2. The van der Waals surface area contributed by atoms with Gasteiger partial charge in [0.1, 0.15) is 0 Å². The molecule has 68 valence electrons. The normalized spacial score (nSPS) is 18.0. The zero-order valence-corrected chi connectivity index (χ0v) is 9.92. The third-order valence-corrected chi connectivity index (χ3v) is 5.14. The van der Waals surface area contributed by atoms with Crippen molar-refractivity contribution in [3.05, 3.63) is 0 Å². The molecular formula is C9H22OSi. The molecule has 0 saturated heterocycles. The maximum Gasteiger partial charge on any atom is 0.177 e. The monoisotopic (exact) mass is 174 g/mol. The fraction of sp³-hybridized carbons (Fsp3) is 1.00. The Hall–Kier alpha value is 0.177. The van der Waals surface area contributed by atoms with E-state index in [0.29, 0.717) is 0 Å². The highest BCUT2D eigenvalue weighted by molar-refractivity contribution is 6.52. The van der Waals surface area contributed by atoms with E-state index < -0.39 is 9.04 Å². The molecule has 2 atom stereocenters. The second kappa shape index (κ2) is 4.26. The van der Waals surface area contributed by atoms with Crippen LogP contribution in [0.3, 0.4) is 0 Å². The van der Waals surface area contributed by atoms with Crippen molar-refractivity contribution in [2.45, 2.75) is 58.7 Å². The summed E-state index contributed by atoms with van der Waals surface area (Å²) in [6.45, 7) is 13.2. The molecule has 0 amide bonds. The number of hydrogen-bond donors (Lipinski definition) is 0. The highest BCUT2D eigenvalue weighted by atomic mass is 28.3. The molecule has 0 rings (SSSR count). The van der Waals surface area contributed by atoms with E-state index in [1.165, 1.54) is 6.42 Å². The molecule has 0 fully saturated rings. The van der Waals surface area contributed by atoms with Crippen LogP contribution < -0.4 is 0 Å². The molecule has 2 heteroatoms. The standard InChI is InChI=1S/C9H22OSi/c1-7-8(2)11(6)10-9(3,4)5/h8,11H,7H2,1-6H3. The zero-order valence-electron chi connectivity index (χ0n) is 8.77. The average molecular weight is 174 g/mol. The van der Waals surface area contributed by atoms with Gasteiger partial charge in [-0.25, -0.2) is 0 Å². The van der Waals surface area contributed by atoms with Crippen molar-refractivity contribution in [3.63, 3.8) is 0 Å². The van der Waals surface area contributed by atoms with E-state index in [9.17, 15) is 0 Å². The first-order valence-corrected chi connectivity index (χ1v) is 6.84. The van der Waals surface area contributed by atoms with Crippen LogP contribution in [0.25, 0.3) is 0 Å². The van der Waals surface area contributed by atoms with Crippen LogP contribution in [0.4, 0.5) is 0 Å². The second-order valence-corrected chi connectivity index (χ2v) is 7.10. The predicted octanol–water partition coefficient (Wildman–Crippen LogP) is 2.96. The quantitative estimate of drug-likeness (QED) is 0.598. The Labute approximate surface area is 72.9 Å². The Morgan fingerprint density at radius 3 is 2.09 bits per heavy atom. The second-order valence-electron chi connectivity index (χ2n) is 4.32. The van der Waals surface area contributed by atoms with Gasteiger partial charge in [-0.3, -0.25) is 0 Å². The smallest absolute Gasteiger partial charge is 0.177 e. The van der Waals surface area contributed by atoms with Gasteiger partial charge in [0.15, 0.2) is 9.04 Å². The minimum absolute atomic E-state index is 0.0646. The molecule has 0 aliphatic carbocycles. The van der Waals surface area contributed by atoms with Gasteiger partial charge in [-0.15, -0.1) is 0 Å². The Morgan fingerprint density at radius 2 is 1.82 bits per heavy atom. The van der Waals surface area contributed by atoms with Crippen LogP contribution >= 0.6 is 0 Å². The first-order chi connectivity index (χ1) is 4.87. The summed E-state index contributed by atoms with van der Waals surface area (Å²) in [6.07, 6.45) is 1.25. The van der Waals surface area contributed by atoms with Gasteiger partial charge in [0.05, 0.1) is 0 Å². The molecule has 1 nitrogen and oxygen atoms in total.